The number of hydrogen-bond donors (Lipinski definition) is 2. The van der Waals surface area contributed by atoms with Crippen molar-refractivity contribution in [2.75, 3.05) is 19.8 Å². The fourth-order valence-electron chi connectivity index (χ4n) is 6.27. The number of nitrogens with one attached hydrogen (secondary N) is 1. The van der Waals surface area contributed by atoms with Crippen LogP contribution in [0.4, 0.5) is 0 Å². The highest BCUT2D eigenvalue weighted by molar-refractivity contribution is 5.73. The Hall–Kier alpha value is -1.59. The van der Waals surface area contributed by atoms with E-state index in [4.69, 9.17) is 14.6 Å². The Morgan fingerprint density at radius 2 is 2.22 bits per heavy atom. The number of carbonyl (C=O) groups is 1. The molecule has 5 atom stereocenters. The lowest BCUT2D eigenvalue weighted by Gasteiger charge is -2.53. The van der Waals surface area contributed by atoms with Crippen molar-refractivity contribution in [3.63, 3.8) is 0 Å². The summed E-state index contributed by atoms with van der Waals surface area (Å²) in [7, 11) is 0. The van der Waals surface area contributed by atoms with Crippen molar-refractivity contribution in [1.82, 2.24) is 5.32 Å². The van der Waals surface area contributed by atoms with Gasteiger partial charge in [-0.1, -0.05) is 26.0 Å². The van der Waals surface area contributed by atoms with Crippen molar-refractivity contribution >= 4 is 5.91 Å². The molecule has 27 heavy (non-hydrogen) atoms. The van der Waals surface area contributed by atoms with Crippen LogP contribution in [-0.4, -0.2) is 36.9 Å². The largest absolute Gasteiger partial charge is 0.491 e. The Labute approximate surface area is 161 Å². The highest BCUT2D eigenvalue weighted by Crippen LogP contribution is 2.70. The van der Waals surface area contributed by atoms with Crippen LogP contribution in [0.1, 0.15) is 51.7 Å². The number of benzene rings is 1. The second-order valence-corrected chi connectivity index (χ2v) is 9.12. The number of carbonyl (C=O) groups excluding carboxylic acids is 1. The maximum Gasteiger partial charge on any atom is 0.217 e. The first-order valence-electron chi connectivity index (χ1n) is 10.1. The lowest BCUT2D eigenvalue weighted by Crippen LogP contribution is -2.58. The van der Waals surface area contributed by atoms with E-state index in [9.17, 15) is 4.79 Å². The van der Waals surface area contributed by atoms with Gasteiger partial charge in [-0.3, -0.25) is 4.79 Å². The van der Waals surface area contributed by atoms with Gasteiger partial charge >= 0.3 is 0 Å². The summed E-state index contributed by atoms with van der Waals surface area (Å²) in [6, 6.07) is 8.27. The van der Waals surface area contributed by atoms with Gasteiger partial charge in [0.15, 0.2) is 0 Å². The van der Waals surface area contributed by atoms with Crippen molar-refractivity contribution in [3.8, 4) is 5.75 Å². The SMILES string of the molecule is CC(=O)N[C@H]1C(C)(C)[C@@H]2C[C@@H]3[C@@H](c4cccc(OCCO)c4)OCC[C@@]31C2. The molecule has 148 valence electrons. The summed E-state index contributed by atoms with van der Waals surface area (Å²) >= 11 is 0. The minimum absolute atomic E-state index is 0.00501. The van der Waals surface area contributed by atoms with E-state index < -0.39 is 0 Å². The van der Waals surface area contributed by atoms with Crippen molar-refractivity contribution in [2.24, 2.45) is 22.7 Å². The van der Waals surface area contributed by atoms with Gasteiger partial charge in [-0.2, -0.15) is 0 Å². The first-order chi connectivity index (χ1) is 12.9. The Morgan fingerprint density at radius 3 is 2.96 bits per heavy atom. The fourth-order valence-corrected chi connectivity index (χ4v) is 6.27. The molecule has 5 nitrogen and oxygen atoms in total. The molecular weight excluding hydrogens is 342 g/mol. The number of aliphatic hydroxyl groups is 1. The summed E-state index contributed by atoms with van der Waals surface area (Å²) in [4.78, 5) is 12.0. The first kappa shape index (κ1) is 18.8. The average molecular weight is 373 g/mol. The predicted molar refractivity (Wildman–Crippen MR) is 102 cm³/mol. The van der Waals surface area contributed by atoms with Gasteiger partial charge in [0, 0.05) is 19.6 Å². The first-order valence-corrected chi connectivity index (χ1v) is 10.1. The summed E-state index contributed by atoms with van der Waals surface area (Å²) in [5.41, 5.74) is 1.38. The lowest BCUT2D eigenvalue weighted by molar-refractivity contribution is -0.136. The topological polar surface area (TPSA) is 67.8 Å². The molecule has 1 spiro atoms. The highest BCUT2D eigenvalue weighted by Gasteiger charge is 2.68. The number of rotatable bonds is 5. The van der Waals surface area contributed by atoms with Gasteiger partial charge in [0.2, 0.25) is 5.91 Å². The minimum Gasteiger partial charge on any atom is -0.491 e. The smallest absolute Gasteiger partial charge is 0.217 e. The Balaban J connectivity index is 1.64. The number of hydrogen-bond acceptors (Lipinski definition) is 4. The van der Waals surface area contributed by atoms with E-state index in [0.29, 0.717) is 18.4 Å². The molecule has 0 unspecified atom stereocenters. The van der Waals surface area contributed by atoms with Crippen molar-refractivity contribution in [1.29, 1.82) is 0 Å². The summed E-state index contributed by atoms with van der Waals surface area (Å²) in [5, 5.41) is 12.3. The van der Waals surface area contributed by atoms with E-state index in [2.05, 4.69) is 25.2 Å². The quantitative estimate of drug-likeness (QED) is 0.832. The van der Waals surface area contributed by atoms with Gasteiger partial charge in [-0.15, -0.1) is 0 Å². The molecule has 2 saturated carbocycles. The molecule has 2 aliphatic carbocycles. The number of aliphatic hydroxyl groups excluding tert-OH is 1. The number of ether oxygens (including phenoxy) is 2. The molecule has 3 aliphatic rings. The maximum absolute atomic E-state index is 12.0. The van der Waals surface area contributed by atoms with Gasteiger partial charge in [-0.25, -0.2) is 0 Å². The standard InChI is InChI=1S/C22H31NO4/c1-14(25)23-20-21(2,3)16-12-18-19(27-9-7-22(18,20)13-16)15-5-4-6-17(11-15)26-10-8-24/h4-6,11,16,18-20,24H,7-10,12-13H2,1-3H3,(H,23,25)/t16-,18-,19-,20+,22-/m1/s1. The van der Waals surface area contributed by atoms with E-state index in [0.717, 1.165) is 30.8 Å². The molecule has 1 aromatic carbocycles. The van der Waals surface area contributed by atoms with Gasteiger partial charge in [-0.05, 0) is 59.6 Å². The molecule has 1 aromatic rings. The van der Waals surface area contributed by atoms with Crippen molar-refractivity contribution < 1.29 is 19.4 Å². The second-order valence-electron chi connectivity index (χ2n) is 9.12. The molecule has 0 aromatic heterocycles. The molecule has 5 heteroatoms. The maximum atomic E-state index is 12.0. The number of fused-ring (bicyclic) bond motifs is 1. The molecule has 1 heterocycles. The summed E-state index contributed by atoms with van der Waals surface area (Å²) in [5.74, 6) is 1.86. The van der Waals surface area contributed by atoms with Gasteiger partial charge < -0.3 is 19.9 Å². The van der Waals surface area contributed by atoms with E-state index in [1.54, 1.807) is 6.92 Å². The fraction of sp³-hybridized carbons (Fsp3) is 0.682. The molecule has 1 aliphatic heterocycles. The lowest BCUT2D eigenvalue weighted by atomic mass is 9.59. The van der Waals surface area contributed by atoms with Crippen LogP contribution >= 0.6 is 0 Å². The molecule has 1 amide bonds. The molecule has 2 N–H and O–H groups in total. The van der Waals surface area contributed by atoms with Crippen LogP contribution in [0, 0.1) is 22.7 Å². The van der Waals surface area contributed by atoms with Crippen LogP contribution < -0.4 is 10.1 Å². The van der Waals surface area contributed by atoms with E-state index in [1.165, 1.54) is 6.42 Å². The monoisotopic (exact) mass is 373 g/mol. The van der Waals surface area contributed by atoms with Crippen LogP contribution in [0.25, 0.3) is 0 Å². The Kier molecular flexibility index (Phi) is 4.71. The second kappa shape index (κ2) is 6.78. The summed E-state index contributed by atoms with van der Waals surface area (Å²) < 4.78 is 11.9. The van der Waals surface area contributed by atoms with Gasteiger partial charge in [0.1, 0.15) is 12.4 Å². The zero-order chi connectivity index (χ0) is 19.2. The highest BCUT2D eigenvalue weighted by atomic mass is 16.5. The van der Waals surface area contributed by atoms with Crippen molar-refractivity contribution in [2.45, 2.75) is 52.2 Å². The van der Waals surface area contributed by atoms with Crippen LogP contribution in [0.15, 0.2) is 24.3 Å². The predicted octanol–water partition coefficient (Wildman–Crippen LogP) is 3.08. The Bertz CT molecular complexity index is 718. The average Bonchev–Trinajstić information content (AvgIpc) is 3.12. The zero-order valence-corrected chi connectivity index (χ0v) is 16.5. The number of amides is 1. The molecule has 4 rings (SSSR count). The van der Waals surface area contributed by atoms with E-state index in [1.807, 2.05) is 18.2 Å². The Morgan fingerprint density at radius 1 is 1.41 bits per heavy atom. The van der Waals surface area contributed by atoms with E-state index in [-0.39, 0.29) is 35.5 Å². The molecular formula is C22H31NO4. The summed E-state index contributed by atoms with van der Waals surface area (Å²) in [6.45, 7) is 7.29. The van der Waals surface area contributed by atoms with Crippen LogP contribution in [0.2, 0.25) is 0 Å². The van der Waals surface area contributed by atoms with Crippen LogP contribution in [0.5, 0.6) is 5.75 Å². The minimum atomic E-state index is 0.00501. The third-order valence-electron chi connectivity index (χ3n) is 7.40. The third-order valence-corrected chi connectivity index (χ3v) is 7.40. The van der Waals surface area contributed by atoms with Crippen molar-refractivity contribution in [3.05, 3.63) is 29.8 Å². The summed E-state index contributed by atoms with van der Waals surface area (Å²) in [6.07, 6.45) is 3.37. The molecule has 0 radical (unpaired) electrons. The third kappa shape index (κ3) is 2.95. The molecule has 2 bridgehead atoms. The zero-order valence-electron chi connectivity index (χ0n) is 16.5. The van der Waals surface area contributed by atoms with Gasteiger partial charge in [0.25, 0.3) is 0 Å². The molecule has 3 fully saturated rings. The van der Waals surface area contributed by atoms with Gasteiger partial charge in [0.05, 0.1) is 12.7 Å². The van der Waals surface area contributed by atoms with E-state index >= 15 is 0 Å². The van der Waals surface area contributed by atoms with Crippen LogP contribution in [-0.2, 0) is 9.53 Å². The van der Waals surface area contributed by atoms with Crippen LogP contribution in [0.3, 0.4) is 0 Å². The normalized spacial score (nSPS) is 36.3. The molecule has 1 saturated heterocycles.